The van der Waals surface area contributed by atoms with E-state index in [0.29, 0.717) is 19.4 Å². The maximum atomic E-state index is 11.9. The molecule has 0 aliphatic rings. The fraction of sp³-hybridized carbons (Fsp3) is 0.278. The second-order valence-electron chi connectivity index (χ2n) is 4.90. The average molecular weight is 284 g/mol. The highest BCUT2D eigenvalue weighted by atomic mass is 16.5. The minimum atomic E-state index is 0.148. The van der Waals surface area contributed by atoms with Crippen LogP contribution < -0.4 is 9.47 Å². The van der Waals surface area contributed by atoms with E-state index < -0.39 is 0 Å². The summed E-state index contributed by atoms with van der Waals surface area (Å²) < 4.78 is 11.0. The fourth-order valence-electron chi connectivity index (χ4n) is 2.08. The number of carbonyl (C=O) groups excluding carboxylic acids is 1. The smallest absolute Gasteiger partial charge is 0.163 e. The van der Waals surface area contributed by atoms with Crippen LogP contribution in [0.4, 0.5) is 0 Å². The molecule has 0 N–H and O–H groups in total. The van der Waals surface area contributed by atoms with Crippen molar-refractivity contribution < 1.29 is 14.3 Å². The van der Waals surface area contributed by atoms with Gasteiger partial charge in [0.25, 0.3) is 0 Å². The Morgan fingerprint density at radius 3 is 2.52 bits per heavy atom. The van der Waals surface area contributed by atoms with Crippen LogP contribution in [0.5, 0.6) is 11.5 Å². The van der Waals surface area contributed by atoms with Crippen molar-refractivity contribution in [2.75, 3.05) is 13.7 Å². The highest BCUT2D eigenvalue weighted by molar-refractivity contribution is 5.95. The average Bonchev–Trinajstić information content (AvgIpc) is 2.53. The van der Waals surface area contributed by atoms with Gasteiger partial charge >= 0.3 is 0 Å². The predicted molar refractivity (Wildman–Crippen MR) is 83.2 cm³/mol. The van der Waals surface area contributed by atoms with Gasteiger partial charge in [-0.1, -0.05) is 36.4 Å². The third kappa shape index (κ3) is 4.35. The molecule has 0 fully saturated rings. The lowest BCUT2D eigenvalue weighted by Crippen LogP contribution is -2.04. The molecule has 0 aliphatic heterocycles. The van der Waals surface area contributed by atoms with Crippen LogP contribution >= 0.6 is 0 Å². The standard InChI is InChI=1S/C18H20O3/c1-14-10-11-17(18(13-14)20-2)21-12-6-9-16(19)15-7-4-3-5-8-15/h3-5,7-8,10-11,13H,6,9,12H2,1-2H3. The van der Waals surface area contributed by atoms with Crippen molar-refractivity contribution in [3.8, 4) is 11.5 Å². The van der Waals surface area contributed by atoms with Crippen molar-refractivity contribution in [3.63, 3.8) is 0 Å². The fourth-order valence-corrected chi connectivity index (χ4v) is 2.08. The molecule has 110 valence electrons. The molecule has 0 radical (unpaired) electrons. The van der Waals surface area contributed by atoms with Gasteiger partial charge in [0.15, 0.2) is 17.3 Å². The van der Waals surface area contributed by atoms with Crippen LogP contribution in [0.3, 0.4) is 0 Å². The van der Waals surface area contributed by atoms with Crippen LogP contribution in [-0.2, 0) is 0 Å². The van der Waals surface area contributed by atoms with Gasteiger partial charge in [0.2, 0.25) is 0 Å². The summed E-state index contributed by atoms with van der Waals surface area (Å²) in [6.07, 6.45) is 1.17. The summed E-state index contributed by atoms with van der Waals surface area (Å²) in [6.45, 7) is 2.50. The molecule has 0 spiro atoms. The Hall–Kier alpha value is -2.29. The van der Waals surface area contributed by atoms with Gasteiger partial charge in [0.1, 0.15) is 0 Å². The van der Waals surface area contributed by atoms with Crippen molar-refractivity contribution in [3.05, 3.63) is 59.7 Å². The molecule has 2 aromatic carbocycles. The molecule has 0 amide bonds. The minimum absolute atomic E-state index is 0.148. The molecule has 0 saturated carbocycles. The highest BCUT2D eigenvalue weighted by Crippen LogP contribution is 2.27. The second-order valence-corrected chi connectivity index (χ2v) is 4.90. The number of ketones is 1. The molecule has 2 rings (SSSR count). The molecule has 0 heterocycles. The van der Waals surface area contributed by atoms with E-state index in [4.69, 9.17) is 9.47 Å². The Labute approximate surface area is 125 Å². The lowest BCUT2D eigenvalue weighted by molar-refractivity contribution is 0.0973. The Balaban J connectivity index is 1.81. The SMILES string of the molecule is COc1cc(C)ccc1OCCCC(=O)c1ccccc1. The summed E-state index contributed by atoms with van der Waals surface area (Å²) in [5.41, 5.74) is 1.88. The minimum Gasteiger partial charge on any atom is -0.493 e. The Morgan fingerprint density at radius 1 is 1.05 bits per heavy atom. The van der Waals surface area contributed by atoms with Crippen LogP contribution in [-0.4, -0.2) is 19.5 Å². The van der Waals surface area contributed by atoms with Crippen molar-refractivity contribution in [2.45, 2.75) is 19.8 Å². The second kappa shape index (κ2) is 7.48. The molecule has 2 aromatic rings. The first-order valence-electron chi connectivity index (χ1n) is 7.06. The number of aryl methyl sites for hydroxylation is 1. The summed E-state index contributed by atoms with van der Waals surface area (Å²) in [7, 11) is 1.63. The van der Waals surface area contributed by atoms with E-state index in [1.54, 1.807) is 7.11 Å². The first-order chi connectivity index (χ1) is 10.2. The van der Waals surface area contributed by atoms with E-state index in [-0.39, 0.29) is 5.78 Å². The summed E-state index contributed by atoms with van der Waals surface area (Å²) in [5.74, 6) is 1.59. The zero-order chi connectivity index (χ0) is 15.1. The van der Waals surface area contributed by atoms with Crippen molar-refractivity contribution in [1.29, 1.82) is 0 Å². The molecule has 21 heavy (non-hydrogen) atoms. The van der Waals surface area contributed by atoms with Gasteiger partial charge in [-0.25, -0.2) is 0 Å². The van der Waals surface area contributed by atoms with Gasteiger partial charge < -0.3 is 9.47 Å². The summed E-state index contributed by atoms with van der Waals surface area (Å²) in [6, 6.07) is 15.1. The van der Waals surface area contributed by atoms with Crippen LogP contribution in [0.25, 0.3) is 0 Å². The molecule has 0 atom stereocenters. The number of ether oxygens (including phenoxy) is 2. The van der Waals surface area contributed by atoms with E-state index in [9.17, 15) is 4.79 Å². The van der Waals surface area contributed by atoms with Crippen molar-refractivity contribution in [2.24, 2.45) is 0 Å². The van der Waals surface area contributed by atoms with Crippen LogP contribution in [0.1, 0.15) is 28.8 Å². The third-order valence-electron chi connectivity index (χ3n) is 3.22. The van der Waals surface area contributed by atoms with Gasteiger partial charge in [0.05, 0.1) is 13.7 Å². The number of hydrogen-bond donors (Lipinski definition) is 0. The molecule has 0 aliphatic carbocycles. The van der Waals surface area contributed by atoms with Gasteiger partial charge in [-0.2, -0.15) is 0 Å². The van der Waals surface area contributed by atoms with Crippen LogP contribution in [0, 0.1) is 6.92 Å². The Kier molecular flexibility index (Phi) is 5.38. The number of methoxy groups -OCH3 is 1. The molecule has 3 heteroatoms. The third-order valence-corrected chi connectivity index (χ3v) is 3.22. The molecular weight excluding hydrogens is 264 g/mol. The number of hydrogen-bond acceptors (Lipinski definition) is 3. The maximum absolute atomic E-state index is 11.9. The van der Waals surface area contributed by atoms with E-state index in [2.05, 4.69) is 0 Å². The van der Waals surface area contributed by atoms with Crippen LogP contribution in [0.15, 0.2) is 48.5 Å². The van der Waals surface area contributed by atoms with E-state index in [1.165, 1.54) is 0 Å². The number of Topliss-reactive ketones (excluding diaryl/α,β-unsaturated/α-hetero) is 1. The number of benzene rings is 2. The zero-order valence-electron chi connectivity index (χ0n) is 12.5. The number of carbonyl (C=O) groups is 1. The quantitative estimate of drug-likeness (QED) is 0.568. The maximum Gasteiger partial charge on any atom is 0.163 e. The lowest BCUT2D eigenvalue weighted by Gasteiger charge is -2.11. The summed E-state index contributed by atoms with van der Waals surface area (Å²) >= 11 is 0. The zero-order valence-corrected chi connectivity index (χ0v) is 12.5. The van der Waals surface area contributed by atoms with Crippen LogP contribution in [0.2, 0.25) is 0 Å². The predicted octanol–water partition coefficient (Wildman–Crippen LogP) is 4.05. The molecule has 0 bridgehead atoms. The first-order valence-corrected chi connectivity index (χ1v) is 7.06. The molecule has 3 nitrogen and oxygen atoms in total. The van der Waals surface area contributed by atoms with E-state index in [1.807, 2.05) is 55.5 Å². The normalized spacial score (nSPS) is 10.2. The van der Waals surface area contributed by atoms with E-state index >= 15 is 0 Å². The van der Waals surface area contributed by atoms with Crippen molar-refractivity contribution in [1.82, 2.24) is 0 Å². The monoisotopic (exact) mass is 284 g/mol. The summed E-state index contributed by atoms with van der Waals surface area (Å²) in [5, 5.41) is 0. The van der Waals surface area contributed by atoms with Gasteiger partial charge in [-0.15, -0.1) is 0 Å². The van der Waals surface area contributed by atoms with Gasteiger partial charge in [-0.05, 0) is 31.0 Å². The van der Waals surface area contributed by atoms with E-state index in [0.717, 1.165) is 22.6 Å². The topological polar surface area (TPSA) is 35.5 Å². The lowest BCUT2D eigenvalue weighted by atomic mass is 10.1. The first kappa shape index (κ1) is 15.1. The Morgan fingerprint density at radius 2 is 1.81 bits per heavy atom. The van der Waals surface area contributed by atoms with Gasteiger partial charge in [-0.3, -0.25) is 4.79 Å². The largest absolute Gasteiger partial charge is 0.493 e. The summed E-state index contributed by atoms with van der Waals surface area (Å²) in [4.78, 5) is 11.9. The molecule has 0 aromatic heterocycles. The van der Waals surface area contributed by atoms with Crippen molar-refractivity contribution >= 4 is 5.78 Å². The Bertz CT molecular complexity index is 591. The molecule has 0 saturated heterocycles. The highest BCUT2D eigenvalue weighted by Gasteiger charge is 2.07. The number of rotatable bonds is 7. The molecule has 0 unspecified atom stereocenters. The van der Waals surface area contributed by atoms with Gasteiger partial charge in [0, 0.05) is 12.0 Å². The molecular formula is C18H20O3.